The maximum atomic E-state index is 5.05. The number of rotatable bonds is 6. The van der Waals surface area contributed by atoms with Gasteiger partial charge in [-0.25, -0.2) is 0 Å². The molecule has 0 aliphatic heterocycles. The van der Waals surface area contributed by atoms with Crippen LogP contribution < -0.4 is 0 Å². The molecule has 15 heavy (non-hydrogen) atoms. The van der Waals surface area contributed by atoms with Crippen LogP contribution in [0.2, 0.25) is 0 Å². The summed E-state index contributed by atoms with van der Waals surface area (Å²) >= 11 is 0. The van der Waals surface area contributed by atoms with Crippen molar-refractivity contribution in [1.29, 1.82) is 0 Å². The normalized spacial score (nSPS) is 10.6. The minimum Gasteiger partial charge on any atom is -0.385 e. The summed E-state index contributed by atoms with van der Waals surface area (Å²) in [5, 5.41) is 0. The summed E-state index contributed by atoms with van der Waals surface area (Å²) in [7, 11) is 1.77. The van der Waals surface area contributed by atoms with Gasteiger partial charge in [-0.05, 0) is 43.7 Å². The lowest BCUT2D eigenvalue weighted by Gasteiger charge is -2.06. The van der Waals surface area contributed by atoms with Crippen molar-refractivity contribution in [2.24, 2.45) is 0 Å². The lowest BCUT2D eigenvalue weighted by molar-refractivity contribution is 0.193. The molecule has 0 saturated heterocycles. The molecule has 1 heteroatoms. The molecule has 0 aromatic heterocycles. The zero-order chi connectivity index (χ0) is 11.1. The van der Waals surface area contributed by atoms with Crippen LogP contribution in [0.3, 0.4) is 0 Å². The van der Waals surface area contributed by atoms with Gasteiger partial charge in [-0.2, -0.15) is 0 Å². The smallest absolute Gasteiger partial charge is 0.0462 e. The second kappa shape index (κ2) is 6.62. The molecule has 0 spiro atoms. The Morgan fingerprint density at radius 1 is 1.07 bits per heavy atom. The first-order valence-electron chi connectivity index (χ1n) is 5.84. The van der Waals surface area contributed by atoms with E-state index in [0.717, 1.165) is 19.4 Å². The number of ether oxygens (including phenoxy) is 1. The van der Waals surface area contributed by atoms with E-state index in [9.17, 15) is 0 Å². The maximum Gasteiger partial charge on any atom is 0.0462 e. The van der Waals surface area contributed by atoms with Crippen LogP contribution in [0.5, 0.6) is 0 Å². The summed E-state index contributed by atoms with van der Waals surface area (Å²) < 4.78 is 5.05. The number of aryl methyl sites for hydroxylation is 3. The molecule has 84 valence electrons. The maximum absolute atomic E-state index is 5.05. The van der Waals surface area contributed by atoms with Crippen LogP contribution in [-0.4, -0.2) is 13.7 Å². The van der Waals surface area contributed by atoms with Gasteiger partial charge in [-0.15, -0.1) is 0 Å². The minimum absolute atomic E-state index is 0.881. The van der Waals surface area contributed by atoms with E-state index < -0.39 is 0 Å². The second-order valence-corrected chi connectivity index (χ2v) is 4.13. The van der Waals surface area contributed by atoms with Crippen LogP contribution in [0.1, 0.15) is 36.5 Å². The van der Waals surface area contributed by atoms with Crippen molar-refractivity contribution in [2.75, 3.05) is 13.7 Å². The highest BCUT2D eigenvalue weighted by Gasteiger charge is 1.97. The molecule has 0 aliphatic carbocycles. The van der Waals surface area contributed by atoms with Gasteiger partial charge < -0.3 is 4.74 Å². The third-order valence-corrected chi connectivity index (χ3v) is 2.67. The van der Waals surface area contributed by atoms with Crippen molar-refractivity contribution in [3.05, 3.63) is 34.9 Å². The first kappa shape index (κ1) is 12.3. The highest BCUT2D eigenvalue weighted by atomic mass is 16.5. The predicted molar refractivity (Wildman–Crippen MR) is 65.4 cm³/mol. The van der Waals surface area contributed by atoms with Crippen LogP contribution in [0.25, 0.3) is 0 Å². The monoisotopic (exact) mass is 206 g/mol. The number of methoxy groups -OCH3 is 1. The molecular formula is C14H22O. The SMILES string of the molecule is CCc1cc(C)cc(CCCCOC)c1. The average Bonchev–Trinajstić information content (AvgIpc) is 2.23. The van der Waals surface area contributed by atoms with Crippen molar-refractivity contribution < 1.29 is 4.74 Å². The highest BCUT2D eigenvalue weighted by Crippen LogP contribution is 2.12. The summed E-state index contributed by atoms with van der Waals surface area (Å²) in [5.41, 5.74) is 4.32. The molecule has 0 radical (unpaired) electrons. The van der Waals surface area contributed by atoms with E-state index in [1.165, 1.54) is 29.5 Å². The van der Waals surface area contributed by atoms with E-state index in [1.54, 1.807) is 7.11 Å². The van der Waals surface area contributed by atoms with Crippen molar-refractivity contribution in [2.45, 2.75) is 39.5 Å². The van der Waals surface area contributed by atoms with E-state index >= 15 is 0 Å². The Hall–Kier alpha value is -0.820. The Balaban J connectivity index is 2.49. The molecule has 0 bridgehead atoms. The van der Waals surface area contributed by atoms with E-state index in [1.807, 2.05) is 0 Å². The summed E-state index contributed by atoms with van der Waals surface area (Å²) in [4.78, 5) is 0. The molecule has 1 aromatic rings. The molecule has 1 aromatic carbocycles. The Morgan fingerprint density at radius 3 is 2.47 bits per heavy atom. The van der Waals surface area contributed by atoms with E-state index in [0.29, 0.717) is 0 Å². The number of hydrogen-bond acceptors (Lipinski definition) is 1. The minimum atomic E-state index is 0.881. The molecule has 0 atom stereocenters. The van der Waals surface area contributed by atoms with Gasteiger partial charge in [0, 0.05) is 13.7 Å². The summed E-state index contributed by atoms with van der Waals surface area (Å²) in [5.74, 6) is 0. The number of benzene rings is 1. The zero-order valence-corrected chi connectivity index (χ0v) is 10.2. The lowest BCUT2D eigenvalue weighted by Crippen LogP contribution is -1.93. The van der Waals surface area contributed by atoms with Crippen LogP contribution in [0.15, 0.2) is 18.2 Å². The van der Waals surface area contributed by atoms with Crippen molar-refractivity contribution in [1.82, 2.24) is 0 Å². The first-order valence-corrected chi connectivity index (χ1v) is 5.84. The Morgan fingerprint density at radius 2 is 1.80 bits per heavy atom. The largest absolute Gasteiger partial charge is 0.385 e. The summed E-state index contributed by atoms with van der Waals surface area (Å²) in [6, 6.07) is 6.91. The van der Waals surface area contributed by atoms with Crippen molar-refractivity contribution >= 4 is 0 Å². The molecule has 0 N–H and O–H groups in total. The Labute approximate surface area is 93.5 Å². The number of unbranched alkanes of at least 4 members (excludes halogenated alkanes) is 1. The standard InChI is InChI=1S/C14H22O/c1-4-13-9-12(2)10-14(11-13)7-5-6-8-15-3/h9-11H,4-8H2,1-3H3. The van der Waals surface area contributed by atoms with Gasteiger partial charge >= 0.3 is 0 Å². The molecule has 0 saturated carbocycles. The molecular weight excluding hydrogens is 184 g/mol. The molecule has 0 fully saturated rings. The van der Waals surface area contributed by atoms with Crippen LogP contribution in [0.4, 0.5) is 0 Å². The van der Waals surface area contributed by atoms with Gasteiger partial charge in [0.25, 0.3) is 0 Å². The molecule has 0 amide bonds. The number of hydrogen-bond donors (Lipinski definition) is 0. The molecule has 0 unspecified atom stereocenters. The van der Waals surface area contributed by atoms with Gasteiger partial charge in [0.15, 0.2) is 0 Å². The summed E-state index contributed by atoms with van der Waals surface area (Å²) in [6.45, 7) is 5.27. The molecule has 1 rings (SSSR count). The van der Waals surface area contributed by atoms with Crippen LogP contribution >= 0.6 is 0 Å². The van der Waals surface area contributed by atoms with Crippen LogP contribution in [0, 0.1) is 6.92 Å². The third-order valence-electron chi connectivity index (χ3n) is 2.67. The van der Waals surface area contributed by atoms with Gasteiger partial charge in [0.2, 0.25) is 0 Å². The predicted octanol–water partition coefficient (Wildman–Crippen LogP) is 3.53. The fraction of sp³-hybridized carbons (Fsp3) is 0.571. The van der Waals surface area contributed by atoms with E-state index in [-0.39, 0.29) is 0 Å². The molecule has 1 nitrogen and oxygen atoms in total. The fourth-order valence-electron chi connectivity index (χ4n) is 1.87. The van der Waals surface area contributed by atoms with Gasteiger partial charge in [-0.1, -0.05) is 30.7 Å². The second-order valence-electron chi connectivity index (χ2n) is 4.13. The van der Waals surface area contributed by atoms with Crippen molar-refractivity contribution in [3.8, 4) is 0 Å². The quantitative estimate of drug-likeness (QED) is 0.647. The molecule has 0 heterocycles. The lowest BCUT2D eigenvalue weighted by atomic mass is 10.0. The van der Waals surface area contributed by atoms with E-state index in [4.69, 9.17) is 4.74 Å². The third kappa shape index (κ3) is 4.48. The van der Waals surface area contributed by atoms with Crippen LogP contribution in [-0.2, 0) is 17.6 Å². The highest BCUT2D eigenvalue weighted by molar-refractivity contribution is 5.29. The van der Waals surface area contributed by atoms with Crippen molar-refractivity contribution in [3.63, 3.8) is 0 Å². The zero-order valence-electron chi connectivity index (χ0n) is 10.2. The van der Waals surface area contributed by atoms with E-state index in [2.05, 4.69) is 32.0 Å². The summed E-state index contributed by atoms with van der Waals surface area (Å²) in [6.07, 6.45) is 4.69. The van der Waals surface area contributed by atoms with Gasteiger partial charge in [0.1, 0.15) is 0 Å². The average molecular weight is 206 g/mol. The Kier molecular flexibility index (Phi) is 5.41. The Bertz CT molecular complexity index is 291. The topological polar surface area (TPSA) is 9.23 Å². The fourth-order valence-corrected chi connectivity index (χ4v) is 1.87. The van der Waals surface area contributed by atoms with Gasteiger partial charge in [0.05, 0.1) is 0 Å². The first-order chi connectivity index (χ1) is 7.26. The molecule has 0 aliphatic rings. The van der Waals surface area contributed by atoms with Gasteiger partial charge in [-0.3, -0.25) is 0 Å².